The third kappa shape index (κ3) is 3.46. The maximum absolute atomic E-state index is 11.9. The summed E-state index contributed by atoms with van der Waals surface area (Å²) in [4.78, 5) is 11.9. The van der Waals surface area contributed by atoms with E-state index in [4.69, 9.17) is 0 Å². The molecule has 0 aliphatic heterocycles. The number of aromatic nitrogens is 4. The van der Waals surface area contributed by atoms with Crippen molar-refractivity contribution < 1.29 is 4.79 Å². The van der Waals surface area contributed by atoms with Crippen molar-refractivity contribution in [3.05, 3.63) is 36.7 Å². The molecule has 0 spiro atoms. The van der Waals surface area contributed by atoms with E-state index in [-0.39, 0.29) is 18.0 Å². The Morgan fingerprint density at radius 3 is 2.65 bits per heavy atom. The normalized spacial score (nSPS) is 12.6. The lowest BCUT2D eigenvalue weighted by Gasteiger charge is -2.17. The molecular weight excluding hydrogens is 254 g/mol. The molecule has 2 heterocycles. The van der Waals surface area contributed by atoms with Crippen LogP contribution in [0.4, 0.5) is 0 Å². The lowest BCUT2D eigenvalue weighted by Crippen LogP contribution is -2.29. The molecule has 1 atom stereocenters. The molecule has 1 amide bonds. The third-order valence-corrected chi connectivity index (χ3v) is 3.19. The molecule has 0 fully saturated rings. The number of nitrogens with one attached hydrogen (secondary N) is 1. The number of nitrogens with zero attached hydrogens (tertiary/aromatic N) is 4. The summed E-state index contributed by atoms with van der Waals surface area (Å²) in [5, 5.41) is 11.0. The van der Waals surface area contributed by atoms with Gasteiger partial charge in [0.15, 0.2) is 5.82 Å². The van der Waals surface area contributed by atoms with Gasteiger partial charge in [-0.15, -0.1) is 10.2 Å². The Bertz CT molecular complexity index is 544. The van der Waals surface area contributed by atoms with E-state index in [9.17, 15) is 4.79 Å². The van der Waals surface area contributed by atoms with Crippen molar-refractivity contribution in [3.8, 4) is 0 Å². The molecular formula is C14H21N5O. The zero-order valence-corrected chi connectivity index (χ0v) is 12.2. The van der Waals surface area contributed by atoms with Gasteiger partial charge in [0.25, 0.3) is 0 Å². The maximum atomic E-state index is 11.9. The van der Waals surface area contributed by atoms with E-state index in [0.717, 1.165) is 5.82 Å². The molecule has 2 aromatic heterocycles. The Morgan fingerprint density at radius 2 is 2.00 bits per heavy atom. The fraction of sp³-hybridized carbons (Fsp3) is 0.500. The number of hydrogen-bond donors (Lipinski definition) is 1. The van der Waals surface area contributed by atoms with Crippen molar-refractivity contribution in [3.63, 3.8) is 0 Å². The highest BCUT2D eigenvalue weighted by Crippen LogP contribution is 2.14. The first-order valence-electron chi connectivity index (χ1n) is 6.87. The molecule has 108 valence electrons. The molecule has 0 aliphatic carbocycles. The van der Waals surface area contributed by atoms with Gasteiger partial charge in [0, 0.05) is 31.4 Å². The summed E-state index contributed by atoms with van der Waals surface area (Å²) >= 11 is 0. The first kappa shape index (κ1) is 14.3. The van der Waals surface area contributed by atoms with E-state index in [1.54, 1.807) is 6.33 Å². The molecule has 0 bridgehead atoms. The average Bonchev–Trinajstić information content (AvgIpc) is 3.07. The number of carbonyl (C=O) groups excluding carboxylic acids is 1. The Kier molecular flexibility index (Phi) is 4.55. The fourth-order valence-electron chi connectivity index (χ4n) is 2.09. The second-order valence-electron chi connectivity index (χ2n) is 5.15. The topological polar surface area (TPSA) is 64.7 Å². The monoisotopic (exact) mass is 275 g/mol. The quantitative estimate of drug-likeness (QED) is 0.876. The number of hydrogen-bond acceptors (Lipinski definition) is 3. The van der Waals surface area contributed by atoms with Crippen LogP contribution in [0.25, 0.3) is 0 Å². The highest BCUT2D eigenvalue weighted by Gasteiger charge is 2.16. The number of amides is 1. The largest absolute Gasteiger partial charge is 0.354 e. The van der Waals surface area contributed by atoms with Crippen LogP contribution in [-0.4, -0.2) is 25.2 Å². The number of carbonyl (C=O) groups is 1. The Balaban J connectivity index is 1.88. The Hall–Kier alpha value is -2.11. The zero-order valence-electron chi connectivity index (χ0n) is 12.2. The first-order valence-corrected chi connectivity index (χ1v) is 6.87. The molecule has 0 aromatic carbocycles. The van der Waals surface area contributed by atoms with Crippen molar-refractivity contribution in [1.29, 1.82) is 0 Å². The summed E-state index contributed by atoms with van der Waals surface area (Å²) in [6.07, 6.45) is 6.05. The van der Waals surface area contributed by atoms with Crippen LogP contribution in [0.15, 0.2) is 30.9 Å². The summed E-state index contributed by atoms with van der Waals surface area (Å²) in [6, 6.07) is 4.04. The van der Waals surface area contributed by atoms with E-state index < -0.39 is 0 Å². The second kappa shape index (κ2) is 6.36. The fourth-order valence-corrected chi connectivity index (χ4v) is 2.09. The van der Waals surface area contributed by atoms with Gasteiger partial charge < -0.3 is 14.5 Å². The lowest BCUT2D eigenvalue weighted by molar-refractivity contribution is -0.122. The number of aryl methyl sites for hydroxylation is 1. The van der Waals surface area contributed by atoms with Gasteiger partial charge in [0.1, 0.15) is 6.33 Å². The first-order chi connectivity index (χ1) is 9.58. The molecule has 1 unspecified atom stereocenters. The summed E-state index contributed by atoms with van der Waals surface area (Å²) < 4.78 is 3.96. The standard InChI is InChI=1S/C14H21N5O/c1-11(2)19-10-15-17-14(19)12(3)16-13(20)6-9-18-7-4-5-8-18/h4-5,7-8,10-12H,6,9H2,1-3H3,(H,16,20). The van der Waals surface area contributed by atoms with Gasteiger partial charge >= 0.3 is 0 Å². The van der Waals surface area contributed by atoms with Crippen molar-refractivity contribution in [2.24, 2.45) is 0 Å². The average molecular weight is 275 g/mol. The molecule has 20 heavy (non-hydrogen) atoms. The van der Waals surface area contributed by atoms with Crippen LogP contribution in [0.1, 0.15) is 45.1 Å². The highest BCUT2D eigenvalue weighted by atomic mass is 16.1. The van der Waals surface area contributed by atoms with Gasteiger partial charge in [-0.2, -0.15) is 0 Å². The van der Waals surface area contributed by atoms with Crippen LogP contribution in [0.2, 0.25) is 0 Å². The van der Waals surface area contributed by atoms with Crippen LogP contribution in [0.3, 0.4) is 0 Å². The SMILES string of the molecule is CC(NC(=O)CCn1cccc1)c1nncn1C(C)C. The summed E-state index contributed by atoms with van der Waals surface area (Å²) in [5.74, 6) is 0.804. The Labute approximate surface area is 118 Å². The molecule has 6 nitrogen and oxygen atoms in total. The van der Waals surface area contributed by atoms with Crippen LogP contribution in [0.5, 0.6) is 0 Å². The van der Waals surface area contributed by atoms with Gasteiger partial charge in [-0.3, -0.25) is 4.79 Å². The molecule has 0 saturated heterocycles. The minimum Gasteiger partial charge on any atom is -0.354 e. The molecule has 2 rings (SSSR count). The van der Waals surface area contributed by atoms with Gasteiger partial charge in [0.2, 0.25) is 5.91 Å². The third-order valence-electron chi connectivity index (χ3n) is 3.19. The number of rotatable bonds is 6. The molecule has 6 heteroatoms. The van der Waals surface area contributed by atoms with Crippen molar-refractivity contribution >= 4 is 5.91 Å². The zero-order chi connectivity index (χ0) is 14.5. The van der Waals surface area contributed by atoms with Crippen molar-refractivity contribution in [2.45, 2.75) is 45.8 Å². The maximum Gasteiger partial charge on any atom is 0.222 e. The highest BCUT2D eigenvalue weighted by molar-refractivity contribution is 5.76. The minimum atomic E-state index is -0.142. The minimum absolute atomic E-state index is 0.0181. The van der Waals surface area contributed by atoms with Crippen LogP contribution in [0, 0.1) is 0 Å². The molecule has 0 saturated carbocycles. The van der Waals surface area contributed by atoms with Crippen molar-refractivity contribution in [1.82, 2.24) is 24.6 Å². The molecule has 2 aromatic rings. The predicted octanol–water partition coefficient (Wildman–Crippen LogP) is 1.93. The van der Waals surface area contributed by atoms with Crippen molar-refractivity contribution in [2.75, 3.05) is 0 Å². The van der Waals surface area contributed by atoms with Gasteiger partial charge in [-0.1, -0.05) is 0 Å². The second-order valence-corrected chi connectivity index (χ2v) is 5.15. The van der Waals surface area contributed by atoms with E-state index in [1.165, 1.54) is 0 Å². The summed E-state index contributed by atoms with van der Waals surface area (Å²) in [6.45, 7) is 6.74. The summed E-state index contributed by atoms with van der Waals surface area (Å²) in [5.41, 5.74) is 0. The predicted molar refractivity (Wildman–Crippen MR) is 76.0 cm³/mol. The molecule has 0 radical (unpaired) electrons. The van der Waals surface area contributed by atoms with E-state index in [0.29, 0.717) is 13.0 Å². The summed E-state index contributed by atoms with van der Waals surface area (Å²) in [7, 11) is 0. The van der Waals surface area contributed by atoms with E-state index in [2.05, 4.69) is 29.4 Å². The van der Waals surface area contributed by atoms with E-state index >= 15 is 0 Å². The Morgan fingerprint density at radius 1 is 1.30 bits per heavy atom. The lowest BCUT2D eigenvalue weighted by atomic mass is 10.2. The van der Waals surface area contributed by atoms with Gasteiger partial charge in [-0.05, 0) is 32.9 Å². The van der Waals surface area contributed by atoms with Crippen LogP contribution >= 0.6 is 0 Å². The molecule has 1 N–H and O–H groups in total. The smallest absolute Gasteiger partial charge is 0.222 e. The van der Waals surface area contributed by atoms with E-state index in [1.807, 2.05) is 40.6 Å². The van der Waals surface area contributed by atoms with Gasteiger partial charge in [0.05, 0.1) is 6.04 Å². The van der Waals surface area contributed by atoms with Crippen LogP contribution < -0.4 is 5.32 Å². The van der Waals surface area contributed by atoms with Gasteiger partial charge in [-0.25, -0.2) is 0 Å². The molecule has 0 aliphatic rings. The van der Waals surface area contributed by atoms with Crippen LogP contribution in [-0.2, 0) is 11.3 Å².